The average Bonchev–Trinajstić information content (AvgIpc) is 3.12. The van der Waals surface area contributed by atoms with E-state index >= 15 is 0 Å². The van der Waals surface area contributed by atoms with Gasteiger partial charge in [-0.15, -0.1) is 0 Å². The predicted octanol–water partition coefficient (Wildman–Crippen LogP) is 4.25. The number of carbonyl (C=O) groups is 1. The number of carbonyl (C=O) groups excluding carboxylic acids is 1. The van der Waals surface area contributed by atoms with E-state index in [4.69, 9.17) is 32.7 Å². The molecule has 5 nitrogen and oxygen atoms in total. The van der Waals surface area contributed by atoms with Gasteiger partial charge in [-0.2, -0.15) is 0 Å². The molecule has 0 radical (unpaired) electrons. The molecule has 2 aliphatic rings. The van der Waals surface area contributed by atoms with Crippen molar-refractivity contribution in [3.05, 3.63) is 41.2 Å². The normalized spacial score (nSPS) is 19.8. The average molecular weight is 397 g/mol. The molecule has 2 heterocycles. The molecule has 7 heteroatoms. The molecular weight excluding hydrogens is 375 g/mol. The topological polar surface area (TPSA) is 51.1 Å². The Kier molecular flexibility index (Phi) is 6.80. The van der Waals surface area contributed by atoms with E-state index in [1.54, 1.807) is 6.20 Å². The van der Waals surface area contributed by atoms with Crippen LogP contribution in [0.25, 0.3) is 0 Å². The van der Waals surface area contributed by atoms with Gasteiger partial charge in [0.15, 0.2) is 6.61 Å². The van der Waals surface area contributed by atoms with Crippen LogP contribution < -0.4 is 4.74 Å². The zero-order valence-corrected chi connectivity index (χ0v) is 16.0. The Labute approximate surface area is 163 Å². The molecule has 140 valence electrons. The molecule has 0 bridgehead atoms. The Morgan fingerprint density at radius 2 is 2.00 bits per heavy atom. The number of nitrogens with zero attached hydrogens (tertiary/aromatic N) is 2. The Hall–Kier alpha value is -1.72. The molecule has 1 fully saturated rings. The summed E-state index contributed by atoms with van der Waals surface area (Å²) in [7, 11) is 0. The van der Waals surface area contributed by atoms with Crippen molar-refractivity contribution in [3.8, 4) is 5.75 Å². The second kappa shape index (κ2) is 9.28. The minimum atomic E-state index is 0.0210. The van der Waals surface area contributed by atoms with E-state index in [0.717, 1.165) is 37.4 Å². The maximum atomic E-state index is 12.3. The van der Waals surface area contributed by atoms with Gasteiger partial charge in [-0.05, 0) is 43.0 Å². The summed E-state index contributed by atoms with van der Waals surface area (Å²) in [6.45, 7) is 2.23. The number of ether oxygens (including phenoxy) is 2. The first-order valence-corrected chi connectivity index (χ1v) is 9.56. The summed E-state index contributed by atoms with van der Waals surface area (Å²) in [5, 5.41) is 1.27. The van der Waals surface area contributed by atoms with Gasteiger partial charge in [0.05, 0.1) is 12.8 Å². The van der Waals surface area contributed by atoms with Gasteiger partial charge in [0.25, 0.3) is 5.91 Å². The van der Waals surface area contributed by atoms with Crippen molar-refractivity contribution < 1.29 is 14.3 Å². The molecule has 1 saturated heterocycles. The number of rotatable bonds is 7. The van der Waals surface area contributed by atoms with Gasteiger partial charge < -0.3 is 14.4 Å². The third-order valence-electron chi connectivity index (χ3n) is 4.55. The van der Waals surface area contributed by atoms with E-state index in [0.29, 0.717) is 35.6 Å². The zero-order valence-electron chi connectivity index (χ0n) is 14.5. The molecule has 1 amide bonds. The van der Waals surface area contributed by atoms with Crippen LogP contribution in [0.5, 0.6) is 5.75 Å². The van der Waals surface area contributed by atoms with Crippen LogP contribution in [0, 0.1) is 5.92 Å². The Bertz CT molecular complexity index is 689. The van der Waals surface area contributed by atoms with Crippen molar-refractivity contribution in [1.82, 2.24) is 4.90 Å². The second-order valence-corrected chi connectivity index (χ2v) is 7.35. The lowest BCUT2D eigenvalue weighted by molar-refractivity contribution is -0.134. The third kappa shape index (κ3) is 5.64. The lowest BCUT2D eigenvalue weighted by Gasteiger charge is -2.18. The van der Waals surface area contributed by atoms with Gasteiger partial charge in [0.1, 0.15) is 16.7 Å². The van der Waals surface area contributed by atoms with E-state index in [-0.39, 0.29) is 12.5 Å². The van der Waals surface area contributed by atoms with E-state index < -0.39 is 0 Å². The van der Waals surface area contributed by atoms with Crippen LogP contribution >= 0.6 is 23.2 Å². The van der Waals surface area contributed by atoms with Gasteiger partial charge in [-0.1, -0.05) is 23.2 Å². The fourth-order valence-corrected chi connectivity index (χ4v) is 3.29. The number of amides is 1. The van der Waals surface area contributed by atoms with Gasteiger partial charge in [0.2, 0.25) is 0 Å². The molecule has 26 heavy (non-hydrogen) atoms. The standard InChI is InChI=1S/C19H22Cl2N2O3/c20-15-1-3-16(4-2-15)25-10-8-14-7-9-23(12-14)19(24)13-26-17-5-6-18(21)22-11-17/h1-4,11,14H,5-10,12-13H2. The lowest BCUT2D eigenvalue weighted by atomic mass is 10.1. The summed E-state index contributed by atoms with van der Waals surface area (Å²) in [6.07, 6.45) is 4.88. The molecule has 2 aliphatic heterocycles. The fourth-order valence-electron chi connectivity index (χ4n) is 3.02. The highest BCUT2D eigenvalue weighted by atomic mass is 35.5. The predicted molar refractivity (Wildman–Crippen MR) is 103 cm³/mol. The molecule has 1 aromatic carbocycles. The Morgan fingerprint density at radius 1 is 1.19 bits per heavy atom. The highest BCUT2D eigenvalue weighted by molar-refractivity contribution is 6.65. The summed E-state index contributed by atoms with van der Waals surface area (Å²) < 4.78 is 11.3. The first-order valence-electron chi connectivity index (χ1n) is 8.80. The summed E-state index contributed by atoms with van der Waals surface area (Å²) in [5.41, 5.74) is 0. The Morgan fingerprint density at radius 3 is 2.73 bits per heavy atom. The summed E-state index contributed by atoms with van der Waals surface area (Å²) in [5.74, 6) is 2.02. The molecule has 1 atom stereocenters. The highest BCUT2D eigenvalue weighted by Crippen LogP contribution is 2.22. The van der Waals surface area contributed by atoms with Crippen molar-refractivity contribution in [1.29, 1.82) is 0 Å². The third-order valence-corrected chi connectivity index (χ3v) is 5.09. The van der Waals surface area contributed by atoms with Crippen molar-refractivity contribution in [2.75, 3.05) is 26.3 Å². The van der Waals surface area contributed by atoms with Crippen molar-refractivity contribution in [2.24, 2.45) is 10.9 Å². The molecule has 0 aliphatic carbocycles. The molecule has 0 saturated carbocycles. The smallest absolute Gasteiger partial charge is 0.260 e. The van der Waals surface area contributed by atoms with E-state index in [2.05, 4.69) is 4.99 Å². The van der Waals surface area contributed by atoms with Crippen LogP contribution in [0.2, 0.25) is 5.02 Å². The quantitative estimate of drug-likeness (QED) is 0.691. The van der Waals surface area contributed by atoms with Crippen LogP contribution in [-0.4, -0.2) is 42.3 Å². The van der Waals surface area contributed by atoms with Crippen molar-refractivity contribution >= 4 is 34.3 Å². The van der Waals surface area contributed by atoms with Crippen LogP contribution in [0.4, 0.5) is 0 Å². The highest BCUT2D eigenvalue weighted by Gasteiger charge is 2.26. The molecule has 1 aromatic rings. The summed E-state index contributed by atoms with van der Waals surface area (Å²) in [4.78, 5) is 18.2. The maximum absolute atomic E-state index is 12.3. The largest absolute Gasteiger partial charge is 0.494 e. The first-order chi connectivity index (χ1) is 12.6. The number of aliphatic imine (C=N–C) groups is 1. The number of hydrogen-bond acceptors (Lipinski definition) is 4. The second-order valence-electron chi connectivity index (χ2n) is 6.47. The van der Waals surface area contributed by atoms with Crippen molar-refractivity contribution in [2.45, 2.75) is 25.7 Å². The van der Waals surface area contributed by atoms with Gasteiger partial charge in [0, 0.05) is 31.0 Å². The molecule has 3 rings (SSSR count). The zero-order chi connectivity index (χ0) is 18.4. The number of halogens is 2. The van der Waals surface area contributed by atoms with Crippen LogP contribution in [0.3, 0.4) is 0 Å². The van der Waals surface area contributed by atoms with Crippen LogP contribution in [0.15, 0.2) is 41.2 Å². The fraction of sp³-hybridized carbons (Fsp3) is 0.474. The van der Waals surface area contributed by atoms with E-state index in [1.807, 2.05) is 29.2 Å². The lowest BCUT2D eigenvalue weighted by Crippen LogP contribution is -2.32. The number of benzene rings is 1. The summed E-state index contributed by atoms with van der Waals surface area (Å²) in [6, 6.07) is 7.35. The molecule has 0 N–H and O–H groups in total. The SMILES string of the molecule is O=C(COC1=CN=C(Cl)CC1)N1CCC(CCOc2ccc(Cl)cc2)C1. The van der Waals surface area contributed by atoms with E-state index in [9.17, 15) is 4.79 Å². The minimum absolute atomic E-state index is 0.0210. The number of hydrogen-bond donors (Lipinski definition) is 0. The summed E-state index contributed by atoms with van der Waals surface area (Å²) >= 11 is 11.7. The number of likely N-dealkylation sites (tertiary alicyclic amines) is 1. The van der Waals surface area contributed by atoms with Gasteiger partial charge in [-0.3, -0.25) is 4.79 Å². The van der Waals surface area contributed by atoms with Crippen LogP contribution in [0.1, 0.15) is 25.7 Å². The maximum Gasteiger partial charge on any atom is 0.260 e. The van der Waals surface area contributed by atoms with Crippen LogP contribution in [-0.2, 0) is 9.53 Å². The van der Waals surface area contributed by atoms with Gasteiger partial charge in [-0.25, -0.2) is 4.99 Å². The molecule has 0 aromatic heterocycles. The monoisotopic (exact) mass is 396 g/mol. The minimum Gasteiger partial charge on any atom is -0.494 e. The number of allylic oxidation sites excluding steroid dienone is 1. The Balaban J connectivity index is 1.35. The molecule has 1 unspecified atom stereocenters. The molecular formula is C19H22Cl2N2O3. The molecule has 0 spiro atoms. The first kappa shape index (κ1) is 19.1. The van der Waals surface area contributed by atoms with Gasteiger partial charge >= 0.3 is 0 Å². The van der Waals surface area contributed by atoms with Crippen molar-refractivity contribution in [3.63, 3.8) is 0 Å². The van der Waals surface area contributed by atoms with E-state index in [1.165, 1.54) is 0 Å².